The van der Waals surface area contributed by atoms with Gasteiger partial charge in [-0.15, -0.1) is 12.4 Å². The Kier molecular flexibility index (Phi) is 7.93. The van der Waals surface area contributed by atoms with E-state index >= 15 is 0 Å². The highest BCUT2D eigenvalue weighted by Gasteiger charge is 2.36. The number of amides is 2. The number of carbonyl (C=O) groups is 3. The number of halogens is 1. The van der Waals surface area contributed by atoms with Crippen LogP contribution in [0.4, 0.5) is 0 Å². The van der Waals surface area contributed by atoms with Crippen LogP contribution in [0.1, 0.15) is 29.3 Å². The number of benzene rings is 1. The fraction of sp³-hybridized carbons (Fsp3) is 0.500. The molecule has 0 bridgehead atoms. The van der Waals surface area contributed by atoms with E-state index in [1.807, 2.05) is 0 Å². The molecule has 0 aliphatic carbocycles. The second-order valence-corrected chi connectivity index (χ2v) is 7.20. The van der Waals surface area contributed by atoms with Gasteiger partial charge in [-0.3, -0.25) is 9.59 Å². The lowest BCUT2D eigenvalue weighted by atomic mass is 9.78. The van der Waals surface area contributed by atoms with E-state index < -0.39 is 19.1 Å². The van der Waals surface area contributed by atoms with Crippen molar-refractivity contribution in [3.8, 4) is 11.5 Å². The van der Waals surface area contributed by atoms with Gasteiger partial charge >= 0.3 is 13.1 Å². The van der Waals surface area contributed by atoms with Gasteiger partial charge in [0, 0.05) is 13.5 Å². The highest BCUT2D eigenvalue weighted by Crippen LogP contribution is 2.37. The number of fused-ring (bicyclic) bond motifs is 1. The quantitative estimate of drug-likeness (QED) is 0.420. The molecule has 0 aromatic heterocycles. The molecule has 3 rings (SSSR count). The minimum atomic E-state index is -1.21. The van der Waals surface area contributed by atoms with Gasteiger partial charge in [0.1, 0.15) is 23.2 Å². The van der Waals surface area contributed by atoms with E-state index in [2.05, 4.69) is 5.32 Å². The van der Waals surface area contributed by atoms with Gasteiger partial charge < -0.3 is 35.5 Å². The summed E-state index contributed by atoms with van der Waals surface area (Å²) in [6.07, 6.45) is 0.868. The van der Waals surface area contributed by atoms with Gasteiger partial charge in [0.15, 0.2) is 0 Å². The number of hydrogen-bond donors (Lipinski definition) is 4. The van der Waals surface area contributed by atoms with Crippen LogP contribution < -0.4 is 20.4 Å². The number of rotatable bonds is 7. The lowest BCUT2D eigenvalue weighted by Gasteiger charge is -2.40. The zero-order valence-corrected chi connectivity index (χ0v) is 17.3. The predicted octanol–water partition coefficient (Wildman–Crippen LogP) is -0.335. The van der Waals surface area contributed by atoms with Crippen LogP contribution in [0.25, 0.3) is 0 Å². The van der Waals surface area contributed by atoms with Crippen molar-refractivity contribution in [3.63, 3.8) is 0 Å². The first-order valence-electron chi connectivity index (χ1n) is 9.45. The third kappa shape index (κ3) is 5.35. The minimum absolute atomic E-state index is 0. The van der Waals surface area contributed by atoms with Crippen LogP contribution in [0.5, 0.6) is 11.5 Å². The molecule has 164 valence electrons. The van der Waals surface area contributed by atoms with Crippen molar-refractivity contribution in [3.05, 3.63) is 23.3 Å². The third-order valence-corrected chi connectivity index (χ3v) is 4.93. The number of aryl methyl sites for hydroxylation is 1. The molecule has 1 aromatic carbocycles. The molecule has 12 heteroatoms. The summed E-state index contributed by atoms with van der Waals surface area (Å²) in [4.78, 5) is 36.4. The van der Waals surface area contributed by atoms with Crippen molar-refractivity contribution in [1.29, 1.82) is 0 Å². The number of likely N-dealkylation sites (tertiary alicyclic amines) is 1. The van der Waals surface area contributed by atoms with E-state index in [-0.39, 0.29) is 60.5 Å². The Morgan fingerprint density at radius 1 is 1.40 bits per heavy atom. The number of carbonyl (C=O) groups excluding carboxylic acids is 2. The average Bonchev–Trinajstić information content (AvgIpc) is 2.62. The highest BCUT2D eigenvalue weighted by molar-refractivity contribution is 6.44. The first-order valence-corrected chi connectivity index (χ1v) is 9.45. The number of carboxylic acids is 1. The number of hydrogen-bond acceptors (Lipinski definition) is 7. The van der Waals surface area contributed by atoms with Crippen molar-refractivity contribution in [2.75, 3.05) is 19.6 Å². The van der Waals surface area contributed by atoms with Crippen LogP contribution in [-0.2, 0) is 16.0 Å². The van der Waals surface area contributed by atoms with Gasteiger partial charge in [0.25, 0.3) is 0 Å². The molecule has 1 aromatic rings. The van der Waals surface area contributed by atoms with Crippen LogP contribution in [0.2, 0.25) is 6.32 Å². The average molecular weight is 442 g/mol. The van der Waals surface area contributed by atoms with Crippen LogP contribution in [0.15, 0.2) is 12.1 Å². The lowest BCUT2D eigenvalue weighted by molar-refractivity contribution is -0.141. The van der Waals surface area contributed by atoms with Crippen LogP contribution in [-0.4, -0.2) is 71.7 Å². The number of nitrogens with zero attached hydrogens (tertiary/aromatic N) is 1. The van der Waals surface area contributed by atoms with Crippen molar-refractivity contribution in [2.45, 2.75) is 38.2 Å². The third-order valence-electron chi connectivity index (χ3n) is 4.93. The number of nitrogens with two attached hydrogens (primary N) is 1. The molecule has 5 N–H and O–H groups in total. The monoisotopic (exact) mass is 441 g/mol. The standard InChI is InChI=1S/C18H24BN3O7.ClH/c1-10(23)21-7-5-13(20)17(24)22-8-12(9-22)28-14-3-2-11-4-6-19(27)29-16(11)15(14)18(25)26;/h2-3,12-13,27H,4-9,20H2,1H3,(H,21,23)(H,25,26);1H/t13-;/m0./s1. The minimum Gasteiger partial charge on any atom is -0.535 e. The van der Waals surface area contributed by atoms with Crippen molar-refractivity contribution >= 4 is 37.3 Å². The summed E-state index contributed by atoms with van der Waals surface area (Å²) in [7, 11) is -1.05. The van der Waals surface area contributed by atoms with Gasteiger partial charge in [0.2, 0.25) is 11.8 Å². The molecule has 0 radical (unpaired) electrons. The topological polar surface area (TPSA) is 151 Å². The smallest absolute Gasteiger partial charge is 0.522 e. The van der Waals surface area contributed by atoms with E-state index in [0.29, 0.717) is 31.3 Å². The maximum atomic E-state index is 12.3. The van der Waals surface area contributed by atoms with Crippen LogP contribution in [0.3, 0.4) is 0 Å². The van der Waals surface area contributed by atoms with E-state index in [4.69, 9.17) is 15.1 Å². The van der Waals surface area contributed by atoms with E-state index in [9.17, 15) is 24.5 Å². The molecule has 10 nitrogen and oxygen atoms in total. The van der Waals surface area contributed by atoms with Crippen LogP contribution >= 0.6 is 12.4 Å². The Balaban J connectivity index is 0.00000320. The summed E-state index contributed by atoms with van der Waals surface area (Å²) in [6.45, 7) is 2.28. The zero-order chi connectivity index (χ0) is 21.1. The summed E-state index contributed by atoms with van der Waals surface area (Å²) in [6, 6.07) is 2.58. The van der Waals surface area contributed by atoms with Gasteiger partial charge in [-0.05, 0) is 30.8 Å². The predicted molar refractivity (Wildman–Crippen MR) is 110 cm³/mol. The SMILES string of the molecule is CC(=O)NCC[C@H](N)C(=O)N1CC(Oc2ccc3c(c2C(=O)O)OB(O)CC3)C1.Cl. The summed E-state index contributed by atoms with van der Waals surface area (Å²) in [5.74, 6) is -1.37. The highest BCUT2D eigenvalue weighted by atomic mass is 35.5. The number of carboxylic acid groups (broad SMARTS) is 1. The number of aromatic carboxylic acids is 1. The summed E-state index contributed by atoms with van der Waals surface area (Å²) in [5, 5.41) is 21.9. The van der Waals surface area contributed by atoms with E-state index in [1.54, 1.807) is 12.1 Å². The molecule has 0 unspecified atom stereocenters. The molecule has 2 heterocycles. The van der Waals surface area contributed by atoms with Crippen LogP contribution in [0, 0.1) is 0 Å². The molecule has 0 saturated carbocycles. The number of nitrogens with one attached hydrogen (secondary N) is 1. The molecule has 1 fully saturated rings. The van der Waals surface area contributed by atoms with Gasteiger partial charge in [-0.2, -0.15) is 0 Å². The van der Waals surface area contributed by atoms with Gasteiger partial charge in [0.05, 0.1) is 19.1 Å². The first kappa shape index (κ1) is 23.8. The molecule has 0 spiro atoms. The Labute approximate surface area is 180 Å². The molecule has 2 aliphatic rings. The molecule has 1 saturated heterocycles. The first-order chi connectivity index (χ1) is 13.8. The fourth-order valence-corrected chi connectivity index (χ4v) is 3.35. The summed E-state index contributed by atoms with van der Waals surface area (Å²) in [5.41, 5.74) is 6.44. The van der Waals surface area contributed by atoms with E-state index in [0.717, 1.165) is 0 Å². The maximum Gasteiger partial charge on any atom is 0.522 e. The Bertz CT molecular complexity index is 819. The summed E-state index contributed by atoms with van der Waals surface area (Å²) >= 11 is 0. The molecule has 30 heavy (non-hydrogen) atoms. The van der Waals surface area contributed by atoms with Crippen molar-refractivity contribution < 1.29 is 33.9 Å². The lowest BCUT2D eigenvalue weighted by Crippen LogP contribution is -2.60. The molecular weight excluding hydrogens is 416 g/mol. The Morgan fingerprint density at radius 2 is 2.10 bits per heavy atom. The summed E-state index contributed by atoms with van der Waals surface area (Å²) < 4.78 is 11.1. The van der Waals surface area contributed by atoms with Crippen molar-refractivity contribution in [2.24, 2.45) is 5.73 Å². The fourth-order valence-electron chi connectivity index (χ4n) is 3.35. The van der Waals surface area contributed by atoms with Gasteiger partial charge in [-0.1, -0.05) is 6.07 Å². The second-order valence-electron chi connectivity index (χ2n) is 7.20. The Morgan fingerprint density at radius 3 is 2.73 bits per heavy atom. The van der Waals surface area contributed by atoms with Crippen molar-refractivity contribution in [1.82, 2.24) is 10.2 Å². The van der Waals surface area contributed by atoms with E-state index in [1.165, 1.54) is 11.8 Å². The molecular formula is C18H25BClN3O7. The largest absolute Gasteiger partial charge is 0.535 e. The number of ether oxygens (including phenoxy) is 1. The maximum absolute atomic E-state index is 12.3. The molecule has 2 amide bonds. The molecule has 1 atom stereocenters. The van der Waals surface area contributed by atoms with Gasteiger partial charge in [-0.25, -0.2) is 4.79 Å². The zero-order valence-electron chi connectivity index (χ0n) is 16.5. The second kappa shape index (κ2) is 10.0. The Hall–Kier alpha value is -2.50. The molecule has 2 aliphatic heterocycles. The normalized spacial score (nSPS) is 16.4.